The van der Waals surface area contributed by atoms with Crippen LogP contribution in [0.2, 0.25) is 0 Å². The SMILES string of the molecule is O=C(O)CCCC1CN(C(=O)c2cc(NC(=O)OCC3c4ccccc4-c4ccccc43)on2)C1. The number of carboxylic acids is 1. The Morgan fingerprint density at radius 1 is 1.06 bits per heavy atom. The number of nitrogens with one attached hydrogen (secondary N) is 1. The minimum atomic E-state index is -0.809. The van der Waals surface area contributed by atoms with E-state index < -0.39 is 12.1 Å². The number of aromatic nitrogens is 1. The summed E-state index contributed by atoms with van der Waals surface area (Å²) < 4.78 is 10.6. The smallest absolute Gasteiger partial charge is 0.414 e. The lowest BCUT2D eigenvalue weighted by molar-refractivity contribution is -0.137. The molecule has 2 N–H and O–H groups in total. The summed E-state index contributed by atoms with van der Waals surface area (Å²) in [5.41, 5.74) is 4.62. The van der Waals surface area contributed by atoms with E-state index in [0.717, 1.165) is 28.7 Å². The van der Waals surface area contributed by atoms with Crippen LogP contribution in [0.1, 0.15) is 46.8 Å². The van der Waals surface area contributed by atoms with Crippen molar-refractivity contribution in [3.05, 3.63) is 71.4 Å². The van der Waals surface area contributed by atoms with E-state index in [1.165, 1.54) is 6.07 Å². The summed E-state index contributed by atoms with van der Waals surface area (Å²) in [6, 6.07) is 17.5. The van der Waals surface area contributed by atoms with Gasteiger partial charge in [-0.05, 0) is 41.0 Å². The molecule has 0 bridgehead atoms. The highest BCUT2D eigenvalue weighted by molar-refractivity contribution is 5.94. The Hall–Kier alpha value is -4.14. The Morgan fingerprint density at radius 2 is 1.71 bits per heavy atom. The zero-order valence-electron chi connectivity index (χ0n) is 19.0. The molecule has 0 saturated carbocycles. The number of carbonyl (C=O) groups excluding carboxylic acids is 2. The fraction of sp³-hybridized carbons (Fsp3) is 0.308. The Kier molecular flexibility index (Phi) is 6.22. The summed E-state index contributed by atoms with van der Waals surface area (Å²) in [6.45, 7) is 1.28. The number of ether oxygens (including phenoxy) is 1. The van der Waals surface area contributed by atoms with Gasteiger partial charge in [0.1, 0.15) is 6.61 Å². The fourth-order valence-electron chi connectivity index (χ4n) is 4.79. The maximum atomic E-state index is 12.6. The van der Waals surface area contributed by atoms with Gasteiger partial charge in [0, 0.05) is 31.5 Å². The number of likely N-dealkylation sites (tertiary alicyclic amines) is 1. The quantitative estimate of drug-likeness (QED) is 0.496. The summed E-state index contributed by atoms with van der Waals surface area (Å²) in [5.74, 6) is -0.831. The van der Waals surface area contributed by atoms with Crippen LogP contribution in [0.5, 0.6) is 0 Å². The molecule has 0 spiro atoms. The third kappa shape index (κ3) is 4.75. The van der Waals surface area contributed by atoms with Crippen molar-refractivity contribution in [1.82, 2.24) is 10.1 Å². The van der Waals surface area contributed by atoms with Crippen LogP contribution in [-0.2, 0) is 9.53 Å². The summed E-state index contributed by atoms with van der Waals surface area (Å²) in [4.78, 5) is 37.2. The van der Waals surface area contributed by atoms with E-state index in [2.05, 4.69) is 22.6 Å². The number of fused-ring (bicyclic) bond motifs is 3. The molecule has 1 saturated heterocycles. The molecule has 1 aromatic heterocycles. The average molecular weight is 476 g/mol. The Bertz CT molecular complexity index is 1220. The highest BCUT2D eigenvalue weighted by atomic mass is 16.6. The minimum absolute atomic E-state index is 0.0316. The van der Waals surface area contributed by atoms with Gasteiger partial charge in [0.2, 0.25) is 5.88 Å². The average Bonchev–Trinajstić information content (AvgIpc) is 3.41. The molecule has 5 rings (SSSR count). The Morgan fingerprint density at radius 3 is 2.37 bits per heavy atom. The van der Waals surface area contributed by atoms with Gasteiger partial charge in [-0.25, -0.2) is 4.79 Å². The first-order valence-corrected chi connectivity index (χ1v) is 11.6. The molecule has 0 atom stereocenters. The number of aliphatic carboxylic acids is 1. The predicted octanol–water partition coefficient (Wildman–Crippen LogP) is 4.36. The molecular weight excluding hydrogens is 450 g/mol. The summed E-state index contributed by atoms with van der Waals surface area (Å²) in [5, 5.41) is 15.0. The van der Waals surface area contributed by atoms with Crippen molar-refractivity contribution in [1.29, 1.82) is 0 Å². The third-order valence-electron chi connectivity index (χ3n) is 6.55. The van der Waals surface area contributed by atoms with Gasteiger partial charge in [0.05, 0.1) is 0 Å². The lowest BCUT2D eigenvalue weighted by Gasteiger charge is -2.38. The molecule has 0 unspecified atom stereocenters. The summed E-state index contributed by atoms with van der Waals surface area (Å²) in [6.07, 6.45) is 0.812. The van der Waals surface area contributed by atoms with Crippen molar-refractivity contribution in [2.24, 2.45) is 5.92 Å². The number of hydrogen-bond donors (Lipinski definition) is 2. The second kappa shape index (κ2) is 9.61. The van der Waals surface area contributed by atoms with Crippen molar-refractivity contribution in [3.8, 4) is 11.1 Å². The van der Waals surface area contributed by atoms with E-state index >= 15 is 0 Å². The number of nitrogens with zero attached hydrogens (tertiary/aromatic N) is 2. The van der Waals surface area contributed by atoms with Crippen LogP contribution in [0.4, 0.5) is 10.7 Å². The van der Waals surface area contributed by atoms with Crippen molar-refractivity contribution in [2.45, 2.75) is 25.2 Å². The van der Waals surface area contributed by atoms with Crippen LogP contribution < -0.4 is 5.32 Å². The molecule has 2 amide bonds. The van der Waals surface area contributed by atoms with E-state index in [0.29, 0.717) is 25.4 Å². The van der Waals surface area contributed by atoms with Gasteiger partial charge in [0.15, 0.2) is 5.69 Å². The zero-order chi connectivity index (χ0) is 24.4. The zero-order valence-corrected chi connectivity index (χ0v) is 19.0. The van der Waals surface area contributed by atoms with Gasteiger partial charge in [-0.2, -0.15) is 0 Å². The first-order valence-electron chi connectivity index (χ1n) is 11.6. The van der Waals surface area contributed by atoms with Crippen LogP contribution in [0.15, 0.2) is 59.1 Å². The number of anilines is 1. The standard InChI is InChI=1S/C26H25N3O6/c30-24(31)11-5-6-16-13-29(14-16)25(32)22-12-23(35-28-22)27-26(33)34-15-21-19-9-3-1-7-17(19)18-8-2-4-10-20(18)21/h1-4,7-10,12,16,21H,5-6,11,13-15H2,(H,27,33)(H,30,31). The molecule has 2 aliphatic rings. The second-order valence-electron chi connectivity index (χ2n) is 8.89. The lowest BCUT2D eigenvalue weighted by atomic mass is 9.93. The molecule has 3 aromatic rings. The third-order valence-corrected chi connectivity index (χ3v) is 6.55. The molecule has 1 aliphatic carbocycles. The fourth-order valence-corrected chi connectivity index (χ4v) is 4.79. The monoisotopic (exact) mass is 475 g/mol. The van der Waals surface area contributed by atoms with Crippen LogP contribution in [0, 0.1) is 5.92 Å². The first-order chi connectivity index (χ1) is 17.0. The van der Waals surface area contributed by atoms with Crippen molar-refractivity contribution < 1.29 is 28.8 Å². The Labute approximate surface area is 201 Å². The van der Waals surface area contributed by atoms with Crippen LogP contribution in [-0.4, -0.2) is 52.8 Å². The van der Waals surface area contributed by atoms with Crippen LogP contribution >= 0.6 is 0 Å². The molecular formula is C26H25N3O6. The molecule has 1 aliphatic heterocycles. The van der Waals surface area contributed by atoms with Gasteiger partial charge in [-0.3, -0.25) is 14.9 Å². The number of amides is 2. The van der Waals surface area contributed by atoms with E-state index in [1.807, 2.05) is 36.4 Å². The number of carboxylic acid groups (broad SMARTS) is 1. The van der Waals surface area contributed by atoms with Gasteiger partial charge in [0.25, 0.3) is 5.91 Å². The molecule has 1 fully saturated rings. The highest BCUT2D eigenvalue weighted by Gasteiger charge is 2.33. The first kappa shape index (κ1) is 22.6. The molecule has 35 heavy (non-hydrogen) atoms. The van der Waals surface area contributed by atoms with Crippen LogP contribution in [0.3, 0.4) is 0 Å². The molecule has 2 heterocycles. The normalized spacial score (nSPS) is 14.7. The minimum Gasteiger partial charge on any atom is -0.481 e. The van der Waals surface area contributed by atoms with Crippen molar-refractivity contribution in [3.63, 3.8) is 0 Å². The lowest BCUT2D eigenvalue weighted by Crippen LogP contribution is -2.50. The van der Waals surface area contributed by atoms with Crippen molar-refractivity contribution in [2.75, 3.05) is 25.0 Å². The summed E-state index contributed by atoms with van der Waals surface area (Å²) >= 11 is 0. The van der Waals surface area contributed by atoms with Gasteiger partial charge < -0.3 is 19.3 Å². The van der Waals surface area contributed by atoms with Gasteiger partial charge in [-0.1, -0.05) is 53.7 Å². The van der Waals surface area contributed by atoms with E-state index in [9.17, 15) is 14.4 Å². The highest BCUT2D eigenvalue weighted by Crippen LogP contribution is 2.44. The second-order valence-corrected chi connectivity index (χ2v) is 8.89. The predicted molar refractivity (Wildman–Crippen MR) is 126 cm³/mol. The van der Waals surface area contributed by atoms with E-state index in [-0.39, 0.29) is 36.4 Å². The maximum Gasteiger partial charge on any atom is 0.414 e. The van der Waals surface area contributed by atoms with E-state index in [1.54, 1.807) is 4.90 Å². The number of hydrogen-bond acceptors (Lipinski definition) is 6. The largest absolute Gasteiger partial charge is 0.481 e. The van der Waals surface area contributed by atoms with Crippen molar-refractivity contribution >= 4 is 23.9 Å². The molecule has 9 heteroatoms. The number of carbonyl (C=O) groups is 3. The number of benzene rings is 2. The maximum absolute atomic E-state index is 12.6. The topological polar surface area (TPSA) is 122 Å². The Balaban J connectivity index is 1.12. The van der Waals surface area contributed by atoms with Crippen LogP contribution in [0.25, 0.3) is 11.1 Å². The van der Waals surface area contributed by atoms with Gasteiger partial charge in [-0.15, -0.1) is 0 Å². The molecule has 0 radical (unpaired) electrons. The summed E-state index contributed by atoms with van der Waals surface area (Å²) in [7, 11) is 0. The van der Waals surface area contributed by atoms with Gasteiger partial charge >= 0.3 is 12.1 Å². The molecule has 9 nitrogen and oxygen atoms in total. The van der Waals surface area contributed by atoms with E-state index in [4.69, 9.17) is 14.4 Å². The number of rotatable bonds is 8. The molecule has 2 aromatic carbocycles. The molecule has 180 valence electrons.